The van der Waals surface area contributed by atoms with Gasteiger partial charge >= 0.3 is 0 Å². The van der Waals surface area contributed by atoms with Crippen LogP contribution < -0.4 is 10.2 Å². The molecular weight excluding hydrogens is 496 g/mol. The van der Waals surface area contributed by atoms with Crippen LogP contribution in [0.25, 0.3) is 5.69 Å². The first kappa shape index (κ1) is 27.9. The third-order valence-electron chi connectivity index (χ3n) is 6.88. The molecule has 0 unspecified atom stereocenters. The van der Waals surface area contributed by atoms with Gasteiger partial charge in [0.2, 0.25) is 11.8 Å². The summed E-state index contributed by atoms with van der Waals surface area (Å²) in [7, 11) is 1.59. The van der Waals surface area contributed by atoms with Crippen molar-refractivity contribution in [2.45, 2.75) is 52.2 Å². The zero-order chi connectivity index (χ0) is 27.6. The lowest BCUT2D eigenvalue weighted by atomic mass is 9.87. The second-order valence-electron chi connectivity index (χ2n) is 10.9. The van der Waals surface area contributed by atoms with Crippen LogP contribution in [0.5, 0.6) is 0 Å². The molecular formula is C30H38N4O3S. The largest absolute Gasteiger partial charge is 0.383 e. The quantitative estimate of drug-likeness (QED) is 0.431. The number of aryl methyl sites for hydroxylation is 2. The first-order valence-corrected chi connectivity index (χ1v) is 14.0. The van der Waals surface area contributed by atoms with E-state index in [2.05, 4.69) is 77.2 Å². The summed E-state index contributed by atoms with van der Waals surface area (Å²) in [6.45, 7) is 13.4. The van der Waals surface area contributed by atoms with Gasteiger partial charge in [-0.25, -0.2) is 4.68 Å². The Morgan fingerprint density at radius 2 is 1.89 bits per heavy atom. The molecule has 0 fully saturated rings. The summed E-state index contributed by atoms with van der Waals surface area (Å²) in [6.07, 6.45) is 0. The predicted octanol–water partition coefficient (Wildman–Crippen LogP) is 5.03. The number of thioether (sulfide) groups is 1. The highest BCUT2D eigenvalue weighted by Gasteiger charge is 2.40. The van der Waals surface area contributed by atoms with E-state index in [0.29, 0.717) is 19.0 Å². The number of methoxy groups -OCH3 is 1. The second kappa shape index (κ2) is 11.3. The summed E-state index contributed by atoms with van der Waals surface area (Å²) in [5.41, 5.74) is 7.03. The number of nitrogens with zero attached hydrogens (tertiary/aromatic N) is 3. The predicted molar refractivity (Wildman–Crippen MR) is 154 cm³/mol. The Hall–Kier alpha value is -3.10. The number of carbonyl (C=O) groups excluding carboxylic acids is 2. The zero-order valence-corrected chi connectivity index (χ0v) is 24.2. The van der Waals surface area contributed by atoms with Gasteiger partial charge in [-0.2, -0.15) is 5.10 Å². The first-order chi connectivity index (χ1) is 18.0. The maximum Gasteiger partial charge on any atom is 0.240 e. The van der Waals surface area contributed by atoms with E-state index in [1.54, 1.807) is 23.8 Å². The van der Waals surface area contributed by atoms with Crippen LogP contribution in [-0.4, -0.2) is 54.2 Å². The van der Waals surface area contributed by atoms with Gasteiger partial charge in [0.1, 0.15) is 12.4 Å². The molecule has 1 aromatic heterocycles. The molecule has 1 aliphatic heterocycles. The Bertz CT molecular complexity index is 1340. The number of nitrogens with one attached hydrogen (secondary N) is 1. The molecule has 0 bridgehead atoms. The van der Waals surface area contributed by atoms with Crippen molar-refractivity contribution in [1.82, 2.24) is 15.1 Å². The maximum absolute atomic E-state index is 13.7. The van der Waals surface area contributed by atoms with Crippen LogP contribution >= 0.6 is 11.8 Å². The fraction of sp³-hybridized carbons (Fsp3) is 0.433. The summed E-state index contributed by atoms with van der Waals surface area (Å²) < 4.78 is 6.98. The molecule has 2 aromatic carbocycles. The Labute approximate surface area is 229 Å². The van der Waals surface area contributed by atoms with Crippen LogP contribution in [-0.2, 0) is 19.7 Å². The van der Waals surface area contributed by atoms with Crippen LogP contribution in [0.2, 0.25) is 0 Å². The van der Waals surface area contributed by atoms with Crippen molar-refractivity contribution in [2.75, 3.05) is 37.5 Å². The van der Waals surface area contributed by atoms with E-state index in [0.717, 1.165) is 39.2 Å². The molecule has 1 atom stereocenters. The van der Waals surface area contributed by atoms with Crippen LogP contribution in [0.4, 0.5) is 5.82 Å². The number of anilines is 1. The zero-order valence-electron chi connectivity index (χ0n) is 23.4. The summed E-state index contributed by atoms with van der Waals surface area (Å²) in [4.78, 5) is 28.4. The normalized spacial score (nSPS) is 15.8. The smallest absolute Gasteiger partial charge is 0.240 e. The van der Waals surface area contributed by atoms with Crippen LogP contribution in [0, 0.1) is 20.8 Å². The molecule has 202 valence electrons. The second-order valence-corrected chi connectivity index (χ2v) is 12.0. The minimum Gasteiger partial charge on any atom is -0.383 e. The Morgan fingerprint density at radius 3 is 2.58 bits per heavy atom. The molecule has 0 saturated carbocycles. The molecule has 1 N–H and O–H groups in total. The number of aromatic nitrogens is 2. The van der Waals surface area contributed by atoms with Crippen molar-refractivity contribution >= 4 is 29.4 Å². The standard InChI is InChI=1S/C30H38N4O3S/c1-19-10-8-12-22(16-19)27-26-28(30(4,5)6)32-34(23-13-9-11-20(2)21(23)3)29(26)33(25(36)18-38-27)17-24(35)31-14-15-37-7/h8-13,16,27H,14-15,17-18H2,1-7H3,(H,31,35)/t27-/m1/s1. The SMILES string of the molecule is COCCNC(=O)CN1C(=O)CS[C@H](c2cccc(C)c2)c2c(C(C)(C)C)nn(-c3cccc(C)c3C)c21. The van der Waals surface area contributed by atoms with E-state index >= 15 is 0 Å². The fourth-order valence-electron chi connectivity index (χ4n) is 4.79. The summed E-state index contributed by atoms with van der Waals surface area (Å²) in [5, 5.41) is 7.97. The van der Waals surface area contributed by atoms with Crippen LogP contribution in [0.1, 0.15) is 59.5 Å². The van der Waals surface area contributed by atoms with Gasteiger partial charge in [-0.05, 0) is 43.5 Å². The highest BCUT2D eigenvalue weighted by atomic mass is 32.2. The lowest BCUT2D eigenvalue weighted by Crippen LogP contribution is -2.43. The van der Waals surface area contributed by atoms with Gasteiger partial charge in [0, 0.05) is 24.6 Å². The molecule has 0 aliphatic carbocycles. The third kappa shape index (κ3) is 5.66. The van der Waals surface area contributed by atoms with Crippen molar-refractivity contribution in [2.24, 2.45) is 0 Å². The number of rotatable bonds is 7. The molecule has 2 heterocycles. The average molecular weight is 535 g/mol. The van der Waals surface area contributed by atoms with Gasteiger partial charge in [0.05, 0.1) is 29.0 Å². The lowest BCUT2D eigenvalue weighted by Gasteiger charge is -2.25. The van der Waals surface area contributed by atoms with E-state index in [1.165, 1.54) is 0 Å². The number of fused-ring (bicyclic) bond motifs is 1. The third-order valence-corrected chi connectivity index (χ3v) is 8.13. The molecule has 7 nitrogen and oxygen atoms in total. The van der Waals surface area contributed by atoms with Gasteiger partial charge in [0.25, 0.3) is 0 Å². The number of carbonyl (C=O) groups is 2. The Kier molecular flexibility index (Phi) is 8.33. The summed E-state index contributed by atoms with van der Waals surface area (Å²) in [6, 6.07) is 14.6. The number of hydrogen-bond acceptors (Lipinski definition) is 5. The van der Waals surface area contributed by atoms with E-state index in [-0.39, 0.29) is 34.8 Å². The Morgan fingerprint density at radius 1 is 1.16 bits per heavy atom. The van der Waals surface area contributed by atoms with E-state index in [4.69, 9.17) is 9.84 Å². The van der Waals surface area contributed by atoms with Crippen molar-refractivity contribution < 1.29 is 14.3 Å². The number of ether oxygens (including phenoxy) is 1. The maximum atomic E-state index is 13.7. The van der Waals surface area contributed by atoms with Crippen LogP contribution in [0.3, 0.4) is 0 Å². The van der Waals surface area contributed by atoms with Gasteiger partial charge < -0.3 is 10.1 Å². The van der Waals surface area contributed by atoms with Gasteiger partial charge in [-0.1, -0.05) is 62.7 Å². The molecule has 2 amide bonds. The first-order valence-electron chi connectivity index (χ1n) is 13.0. The molecule has 0 saturated heterocycles. The molecule has 0 radical (unpaired) electrons. The fourth-order valence-corrected chi connectivity index (χ4v) is 5.98. The Balaban J connectivity index is 1.99. The van der Waals surface area contributed by atoms with Gasteiger partial charge in [-0.3, -0.25) is 14.5 Å². The molecule has 0 spiro atoms. The van der Waals surface area contributed by atoms with Crippen molar-refractivity contribution in [3.05, 3.63) is 76.0 Å². The topological polar surface area (TPSA) is 76.5 Å². The van der Waals surface area contributed by atoms with E-state index in [9.17, 15) is 9.59 Å². The molecule has 8 heteroatoms. The van der Waals surface area contributed by atoms with Gasteiger partial charge in [-0.15, -0.1) is 11.8 Å². The molecule has 4 rings (SSSR count). The lowest BCUT2D eigenvalue weighted by molar-refractivity contribution is -0.123. The minimum atomic E-state index is -0.296. The number of benzene rings is 2. The molecule has 1 aliphatic rings. The highest BCUT2D eigenvalue weighted by molar-refractivity contribution is 8.00. The number of amides is 2. The number of hydrogen-bond donors (Lipinski definition) is 1. The monoisotopic (exact) mass is 534 g/mol. The highest BCUT2D eigenvalue weighted by Crippen LogP contribution is 2.48. The van der Waals surface area contributed by atoms with E-state index < -0.39 is 0 Å². The van der Waals surface area contributed by atoms with E-state index in [1.807, 2.05) is 16.8 Å². The minimum absolute atomic E-state index is 0.0865. The van der Waals surface area contributed by atoms with Crippen LogP contribution in [0.15, 0.2) is 42.5 Å². The molecule has 38 heavy (non-hydrogen) atoms. The summed E-state index contributed by atoms with van der Waals surface area (Å²) in [5.74, 6) is 0.591. The van der Waals surface area contributed by atoms with Gasteiger partial charge in [0.15, 0.2) is 0 Å². The van der Waals surface area contributed by atoms with Crippen molar-refractivity contribution in [1.29, 1.82) is 0 Å². The average Bonchev–Trinajstić information content (AvgIpc) is 3.19. The van der Waals surface area contributed by atoms with Crippen molar-refractivity contribution in [3.63, 3.8) is 0 Å². The summed E-state index contributed by atoms with van der Waals surface area (Å²) >= 11 is 1.60. The molecule has 3 aromatic rings. The van der Waals surface area contributed by atoms with Crippen molar-refractivity contribution in [3.8, 4) is 5.69 Å².